The van der Waals surface area contributed by atoms with Crippen LogP contribution < -0.4 is 0 Å². The molecular formula is C10H21O8P. The molecule has 114 valence electrons. The van der Waals surface area contributed by atoms with Crippen molar-refractivity contribution in [3.05, 3.63) is 0 Å². The van der Waals surface area contributed by atoms with Crippen molar-refractivity contribution in [3.63, 3.8) is 0 Å². The zero-order valence-corrected chi connectivity index (χ0v) is 12.3. The number of ether oxygens (including phenoxy) is 2. The van der Waals surface area contributed by atoms with Gasteiger partial charge >= 0.3 is 19.8 Å². The zero-order valence-electron chi connectivity index (χ0n) is 11.4. The highest BCUT2D eigenvalue weighted by Crippen LogP contribution is 2.25. The van der Waals surface area contributed by atoms with Gasteiger partial charge in [0.1, 0.15) is 0 Å². The van der Waals surface area contributed by atoms with Gasteiger partial charge in [-0.05, 0) is 27.7 Å². The minimum atomic E-state index is -4.64. The maximum absolute atomic E-state index is 11.0. The first-order chi connectivity index (χ1) is 8.41. The second kappa shape index (κ2) is 9.91. The molecule has 0 radical (unpaired) electrons. The van der Waals surface area contributed by atoms with Crippen LogP contribution in [0.15, 0.2) is 0 Å². The van der Waals surface area contributed by atoms with Crippen LogP contribution in [0.2, 0.25) is 0 Å². The molecule has 0 aliphatic heterocycles. The topological polar surface area (TPSA) is 130 Å². The van der Waals surface area contributed by atoms with Crippen molar-refractivity contribution in [2.75, 3.05) is 0 Å². The molecule has 0 saturated heterocycles. The Hall–Kier alpha value is -0.950. The maximum atomic E-state index is 11.0. The Bertz CT molecular complexity index is 289. The van der Waals surface area contributed by atoms with Crippen LogP contribution in [-0.4, -0.2) is 38.8 Å². The van der Waals surface area contributed by atoms with E-state index in [1.165, 1.54) is 0 Å². The first-order valence-electron chi connectivity index (χ1n) is 5.59. The van der Waals surface area contributed by atoms with Crippen LogP contribution in [0.3, 0.4) is 0 Å². The first kappa shape index (κ1) is 20.4. The quantitative estimate of drug-likeness (QED) is 0.500. The number of esters is 2. The number of hydrogen-bond donors (Lipinski definition) is 3. The van der Waals surface area contributed by atoms with Gasteiger partial charge in [-0.3, -0.25) is 9.59 Å². The second-order valence-electron chi connectivity index (χ2n) is 4.09. The van der Waals surface area contributed by atoms with E-state index >= 15 is 0 Å². The molecule has 0 atom stereocenters. The Morgan fingerprint density at radius 3 is 1.26 bits per heavy atom. The first-order valence-corrected chi connectivity index (χ1v) is 7.15. The molecule has 3 N–H and O–H groups in total. The van der Waals surface area contributed by atoms with Crippen LogP contribution in [0, 0.1) is 0 Å². The number of carbonyl (C=O) groups excluding carboxylic acids is 2. The van der Waals surface area contributed by atoms with Crippen LogP contribution in [-0.2, 0) is 23.6 Å². The van der Waals surface area contributed by atoms with Gasteiger partial charge in [-0.15, -0.1) is 0 Å². The zero-order chi connectivity index (χ0) is 15.6. The molecule has 0 spiro atoms. The third kappa shape index (κ3) is 26.6. The van der Waals surface area contributed by atoms with Crippen molar-refractivity contribution in [1.29, 1.82) is 0 Å². The molecule has 0 bridgehead atoms. The van der Waals surface area contributed by atoms with Gasteiger partial charge in [0, 0.05) is 0 Å². The number of hydrogen-bond acceptors (Lipinski definition) is 5. The third-order valence-corrected chi connectivity index (χ3v) is 1.27. The maximum Gasteiger partial charge on any atom is 0.466 e. The van der Waals surface area contributed by atoms with E-state index in [-0.39, 0.29) is 37.0 Å². The molecule has 0 rings (SSSR count). The Morgan fingerprint density at radius 1 is 0.895 bits per heavy atom. The molecule has 0 aromatic carbocycles. The molecule has 0 unspecified atom stereocenters. The summed E-state index contributed by atoms with van der Waals surface area (Å²) < 4.78 is 18.6. The summed E-state index contributed by atoms with van der Waals surface area (Å²) in [5.74, 6) is -0.721. The summed E-state index contributed by atoms with van der Waals surface area (Å²) in [5.41, 5.74) is 0. The SMILES string of the molecule is CC(C)OC(=O)CCC(=O)OC(C)C.O=P(O)(O)O. The molecule has 0 amide bonds. The molecule has 8 nitrogen and oxygen atoms in total. The number of phosphoric acid groups is 1. The van der Waals surface area contributed by atoms with Crippen LogP contribution in [0.25, 0.3) is 0 Å². The summed E-state index contributed by atoms with van der Waals surface area (Å²) in [4.78, 5) is 43.6. The lowest BCUT2D eigenvalue weighted by Crippen LogP contribution is -2.16. The van der Waals surface area contributed by atoms with Gasteiger partial charge in [0.05, 0.1) is 25.0 Å². The van der Waals surface area contributed by atoms with Crippen molar-refractivity contribution in [2.24, 2.45) is 0 Å². The molecule has 0 aliphatic rings. The van der Waals surface area contributed by atoms with Gasteiger partial charge < -0.3 is 24.2 Å². The van der Waals surface area contributed by atoms with Crippen LogP contribution in [0.4, 0.5) is 0 Å². The van der Waals surface area contributed by atoms with Gasteiger partial charge in [-0.2, -0.15) is 0 Å². The third-order valence-electron chi connectivity index (χ3n) is 1.27. The van der Waals surface area contributed by atoms with E-state index in [9.17, 15) is 9.59 Å². The van der Waals surface area contributed by atoms with Gasteiger partial charge in [0.25, 0.3) is 0 Å². The molecule has 0 aliphatic carbocycles. The highest BCUT2D eigenvalue weighted by molar-refractivity contribution is 7.45. The molecule has 0 fully saturated rings. The molecule has 0 saturated carbocycles. The van der Waals surface area contributed by atoms with E-state index in [0.29, 0.717) is 0 Å². The summed E-state index contributed by atoms with van der Waals surface area (Å²) in [6.45, 7) is 7.07. The lowest BCUT2D eigenvalue weighted by atomic mass is 10.3. The van der Waals surface area contributed by atoms with Crippen LogP contribution >= 0.6 is 7.82 Å². The smallest absolute Gasteiger partial charge is 0.463 e. The number of carbonyl (C=O) groups is 2. The predicted molar refractivity (Wildman–Crippen MR) is 66.0 cm³/mol. The molecule has 9 heteroatoms. The summed E-state index contributed by atoms with van der Waals surface area (Å²) in [6.07, 6.45) is -0.0970. The Morgan fingerprint density at radius 2 is 1.11 bits per heavy atom. The molecule has 0 aromatic heterocycles. The fourth-order valence-corrected chi connectivity index (χ4v) is 0.848. The van der Waals surface area contributed by atoms with Crippen LogP contribution in [0.1, 0.15) is 40.5 Å². The number of rotatable bonds is 5. The predicted octanol–water partition coefficient (Wildman–Crippen LogP) is 0.741. The Balaban J connectivity index is 0. The largest absolute Gasteiger partial charge is 0.466 e. The average Bonchev–Trinajstić information content (AvgIpc) is 2.09. The monoisotopic (exact) mass is 300 g/mol. The Kier molecular flexibility index (Phi) is 10.6. The summed E-state index contributed by atoms with van der Waals surface area (Å²) in [5, 5.41) is 0. The van der Waals surface area contributed by atoms with Crippen molar-refractivity contribution < 1.29 is 38.3 Å². The standard InChI is InChI=1S/C10H18O4.H3O4P/c1-7(2)13-9(11)5-6-10(12)14-8(3)4;1-5(2,3)4/h7-8H,5-6H2,1-4H3;(H3,1,2,3,4). The van der Waals surface area contributed by atoms with Gasteiger partial charge in [0.15, 0.2) is 0 Å². The molecule has 0 heterocycles. The van der Waals surface area contributed by atoms with Crippen molar-refractivity contribution in [3.8, 4) is 0 Å². The van der Waals surface area contributed by atoms with Crippen molar-refractivity contribution in [1.82, 2.24) is 0 Å². The van der Waals surface area contributed by atoms with E-state index in [2.05, 4.69) is 0 Å². The van der Waals surface area contributed by atoms with E-state index in [1.807, 2.05) is 0 Å². The van der Waals surface area contributed by atoms with Gasteiger partial charge in [-0.25, -0.2) is 4.57 Å². The van der Waals surface area contributed by atoms with E-state index in [4.69, 9.17) is 28.7 Å². The lowest BCUT2D eigenvalue weighted by molar-refractivity contribution is -0.154. The molecule has 0 aromatic rings. The fraction of sp³-hybridized carbons (Fsp3) is 0.800. The minimum Gasteiger partial charge on any atom is -0.463 e. The molecular weight excluding hydrogens is 279 g/mol. The molecule has 19 heavy (non-hydrogen) atoms. The highest BCUT2D eigenvalue weighted by Gasteiger charge is 2.11. The summed E-state index contributed by atoms with van der Waals surface area (Å²) in [7, 11) is -4.64. The Labute approximate surface area is 112 Å². The lowest BCUT2D eigenvalue weighted by Gasteiger charge is -2.09. The van der Waals surface area contributed by atoms with Crippen molar-refractivity contribution in [2.45, 2.75) is 52.7 Å². The van der Waals surface area contributed by atoms with E-state index in [1.54, 1.807) is 27.7 Å². The normalized spacial score (nSPS) is 10.8. The highest BCUT2D eigenvalue weighted by atomic mass is 31.2. The van der Waals surface area contributed by atoms with Gasteiger partial charge in [0.2, 0.25) is 0 Å². The fourth-order valence-electron chi connectivity index (χ4n) is 0.848. The average molecular weight is 300 g/mol. The van der Waals surface area contributed by atoms with E-state index < -0.39 is 7.82 Å². The second-order valence-corrected chi connectivity index (χ2v) is 5.12. The summed E-state index contributed by atoms with van der Waals surface area (Å²) in [6, 6.07) is 0. The van der Waals surface area contributed by atoms with Gasteiger partial charge in [-0.1, -0.05) is 0 Å². The van der Waals surface area contributed by atoms with Crippen molar-refractivity contribution >= 4 is 19.8 Å². The summed E-state index contributed by atoms with van der Waals surface area (Å²) >= 11 is 0. The van der Waals surface area contributed by atoms with E-state index in [0.717, 1.165) is 0 Å². The van der Waals surface area contributed by atoms with Crippen LogP contribution in [0.5, 0.6) is 0 Å². The minimum absolute atomic E-state index is 0.0870.